The van der Waals surface area contributed by atoms with Gasteiger partial charge in [-0.2, -0.15) is 0 Å². The second kappa shape index (κ2) is 4.54. The molecule has 1 aromatic carbocycles. The van der Waals surface area contributed by atoms with Crippen LogP contribution in [0.15, 0.2) is 42.9 Å². The molecule has 110 valence electrons. The molecule has 0 saturated heterocycles. The van der Waals surface area contributed by atoms with E-state index in [1.807, 2.05) is 12.4 Å². The first-order chi connectivity index (χ1) is 11.2. The molecule has 0 saturated carbocycles. The van der Waals surface area contributed by atoms with E-state index in [4.69, 9.17) is 4.98 Å². The van der Waals surface area contributed by atoms with Crippen LogP contribution in [0.4, 0.5) is 0 Å². The van der Waals surface area contributed by atoms with Crippen LogP contribution in [0.2, 0.25) is 0 Å². The number of aryl methyl sites for hydroxylation is 2. The Kier molecular flexibility index (Phi) is 2.58. The first-order valence-electron chi connectivity index (χ1n) is 8.22. The van der Waals surface area contributed by atoms with E-state index in [9.17, 15) is 0 Å². The number of rotatable bonds is 0. The molecule has 0 radical (unpaired) electrons. The Bertz CT molecular complexity index is 855. The van der Waals surface area contributed by atoms with E-state index in [0.717, 1.165) is 12.8 Å². The molecule has 0 bridgehead atoms. The number of benzene rings is 1. The van der Waals surface area contributed by atoms with Crippen LogP contribution in [-0.2, 0) is 12.8 Å². The molecule has 4 heterocycles. The van der Waals surface area contributed by atoms with Crippen molar-refractivity contribution in [1.82, 2.24) is 9.97 Å². The van der Waals surface area contributed by atoms with Crippen molar-refractivity contribution in [2.75, 3.05) is 0 Å². The highest BCUT2D eigenvalue weighted by molar-refractivity contribution is 6.97. The minimum Gasteiger partial charge on any atom is -0.264 e. The summed E-state index contributed by atoms with van der Waals surface area (Å²) in [5, 5.41) is 0. The predicted octanol–water partition coefficient (Wildman–Crippen LogP) is 1.42. The molecular formula is C20H17BN2. The van der Waals surface area contributed by atoms with E-state index in [-0.39, 0.29) is 0 Å². The summed E-state index contributed by atoms with van der Waals surface area (Å²) < 4.78 is 0. The van der Waals surface area contributed by atoms with Crippen LogP contribution in [-0.4, -0.2) is 16.7 Å². The van der Waals surface area contributed by atoms with Crippen LogP contribution >= 0.6 is 0 Å². The molecule has 0 N–H and O–H groups in total. The maximum atomic E-state index is 4.73. The van der Waals surface area contributed by atoms with E-state index in [1.165, 1.54) is 49.9 Å². The second-order valence-electron chi connectivity index (χ2n) is 6.79. The van der Waals surface area contributed by atoms with Crippen molar-refractivity contribution < 1.29 is 0 Å². The van der Waals surface area contributed by atoms with Gasteiger partial charge in [-0.15, -0.1) is 0 Å². The Hall–Kier alpha value is -2.42. The highest BCUT2D eigenvalue weighted by Crippen LogP contribution is 2.22. The summed E-state index contributed by atoms with van der Waals surface area (Å²) in [6.45, 7) is 4.76. The fraction of sp³-hybridized carbons (Fsp3) is 0.200. The second-order valence-corrected chi connectivity index (χ2v) is 6.79. The molecular weight excluding hydrogens is 279 g/mol. The van der Waals surface area contributed by atoms with E-state index in [1.54, 1.807) is 0 Å². The third-order valence-corrected chi connectivity index (χ3v) is 5.45. The van der Waals surface area contributed by atoms with Gasteiger partial charge in [0.25, 0.3) is 0 Å². The van der Waals surface area contributed by atoms with Crippen LogP contribution < -0.4 is 16.4 Å². The molecule has 2 nitrogen and oxygen atoms in total. The third kappa shape index (κ3) is 1.71. The van der Waals surface area contributed by atoms with Gasteiger partial charge in [0.2, 0.25) is 6.71 Å². The SMILES string of the molecule is Cc1cncc2c1B1c3c(C)cccc3Cc3nccc(c31)C2. The molecule has 0 spiro atoms. The van der Waals surface area contributed by atoms with Gasteiger partial charge in [0.1, 0.15) is 0 Å². The van der Waals surface area contributed by atoms with Crippen molar-refractivity contribution in [3.05, 3.63) is 76.4 Å². The van der Waals surface area contributed by atoms with Gasteiger partial charge >= 0.3 is 0 Å². The topological polar surface area (TPSA) is 25.8 Å². The lowest BCUT2D eigenvalue weighted by Gasteiger charge is -2.34. The van der Waals surface area contributed by atoms with Gasteiger partial charge in [0.05, 0.1) is 0 Å². The lowest BCUT2D eigenvalue weighted by molar-refractivity contribution is 1.04. The summed E-state index contributed by atoms with van der Waals surface area (Å²) in [6.07, 6.45) is 7.97. The minimum atomic E-state index is 0.324. The largest absolute Gasteiger partial charge is 0.264 e. The molecule has 2 aliphatic rings. The van der Waals surface area contributed by atoms with E-state index < -0.39 is 0 Å². The van der Waals surface area contributed by atoms with Crippen LogP contribution in [0.1, 0.15) is 33.5 Å². The van der Waals surface area contributed by atoms with Crippen molar-refractivity contribution in [2.45, 2.75) is 26.7 Å². The molecule has 0 aliphatic carbocycles. The zero-order chi connectivity index (χ0) is 15.6. The van der Waals surface area contributed by atoms with Crippen molar-refractivity contribution in [2.24, 2.45) is 0 Å². The van der Waals surface area contributed by atoms with Crippen LogP contribution in [0.25, 0.3) is 0 Å². The van der Waals surface area contributed by atoms with Gasteiger partial charge in [0.15, 0.2) is 0 Å². The normalized spacial score (nSPS) is 14.1. The maximum absolute atomic E-state index is 4.73. The third-order valence-electron chi connectivity index (χ3n) is 5.45. The summed E-state index contributed by atoms with van der Waals surface area (Å²) in [4.78, 5) is 9.17. The highest BCUT2D eigenvalue weighted by atomic mass is 14.7. The Morgan fingerprint density at radius 2 is 1.65 bits per heavy atom. The summed E-state index contributed by atoms with van der Waals surface area (Å²) >= 11 is 0. The molecule has 5 rings (SSSR count). The Morgan fingerprint density at radius 1 is 0.826 bits per heavy atom. The van der Waals surface area contributed by atoms with Crippen molar-refractivity contribution in [3.63, 3.8) is 0 Å². The average Bonchev–Trinajstić information content (AvgIpc) is 2.55. The molecule has 2 aromatic heterocycles. The number of nitrogens with zero attached hydrogens (tertiary/aromatic N) is 2. The summed E-state index contributed by atoms with van der Waals surface area (Å²) in [6, 6.07) is 8.88. The molecule has 2 aliphatic heterocycles. The minimum absolute atomic E-state index is 0.324. The molecule has 3 aromatic rings. The standard InChI is InChI=1S/C20H17BN2/c1-12-4-3-5-14-9-17-20-15(6-7-23-17)8-16-11-22-10-13(2)19(16)21(20)18(12)14/h3-7,10-11H,8-9H2,1-2H3. The van der Waals surface area contributed by atoms with Crippen molar-refractivity contribution >= 4 is 23.1 Å². The van der Waals surface area contributed by atoms with Gasteiger partial charge in [0, 0.05) is 30.7 Å². The molecule has 3 heteroatoms. The van der Waals surface area contributed by atoms with Gasteiger partial charge < -0.3 is 0 Å². The number of hydrogen-bond acceptors (Lipinski definition) is 2. The Balaban J connectivity index is 1.91. The summed E-state index contributed by atoms with van der Waals surface area (Å²) in [5.41, 5.74) is 12.6. The first kappa shape index (κ1) is 13.1. The number of hydrogen-bond donors (Lipinski definition) is 0. The van der Waals surface area contributed by atoms with Crippen LogP contribution in [0.3, 0.4) is 0 Å². The molecule has 0 amide bonds. The first-order valence-corrected chi connectivity index (χ1v) is 8.22. The van der Waals surface area contributed by atoms with Gasteiger partial charge in [-0.3, -0.25) is 9.97 Å². The number of fused-ring (bicyclic) bond motifs is 4. The molecule has 0 fully saturated rings. The van der Waals surface area contributed by atoms with Crippen LogP contribution in [0, 0.1) is 13.8 Å². The fourth-order valence-corrected chi connectivity index (χ4v) is 4.52. The number of pyridine rings is 2. The highest BCUT2D eigenvalue weighted by Gasteiger charge is 2.38. The maximum Gasteiger partial charge on any atom is 0.245 e. The quantitative estimate of drug-likeness (QED) is 0.404. The molecule has 23 heavy (non-hydrogen) atoms. The summed E-state index contributed by atoms with van der Waals surface area (Å²) in [5.74, 6) is 0. The van der Waals surface area contributed by atoms with Crippen molar-refractivity contribution in [3.8, 4) is 0 Å². The fourth-order valence-electron chi connectivity index (χ4n) is 4.52. The Labute approximate surface area is 136 Å². The van der Waals surface area contributed by atoms with Gasteiger partial charge in [-0.05, 0) is 54.1 Å². The summed E-state index contributed by atoms with van der Waals surface area (Å²) in [7, 11) is 0. The zero-order valence-corrected chi connectivity index (χ0v) is 13.4. The van der Waals surface area contributed by atoms with Gasteiger partial charge in [-0.1, -0.05) is 34.7 Å². The zero-order valence-electron chi connectivity index (χ0n) is 13.4. The Morgan fingerprint density at radius 3 is 2.57 bits per heavy atom. The predicted molar refractivity (Wildman–Crippen MR) is 94.7 cm³/mol. The lowest BCUT2D eigenvalue weighted by atomic mass is 9.30. The van der Waals surface area contributed by atoms with Crippen molar-refractivity contribution in [1.29, 1.82) is 0 Å². The van der Waals surface area contributed by atoms with Crippen LogP contribution in [0.5, 0.6) is 0 Å². The molecule has 0 atom stereocenters. The lowest BCUT2D eigenvalue weighted by Crippen LogP contribution is -2.62. The van der Waals surface area contributed by atoms with E-state index >= 15 is 0 Å². The smallest absolute Gasteiger partial charge is 0.245 e. The monoisotopic (exact) mass is 296 g/mol. The van der Waals surface area contributed by atoms with E-state index in [0.29, 0.717) is 6.71 Å². The average molecular weight is 296 g/mol. The number of aromatic nitrogens is 2. The molecule has 0 unspecified atom stereocenters. The van der Waals surface area contributed by atoms with E-state index in [2.05, 4.69) is 49.3 Å². The van der Waals surface area contributed by atoms with Gasteiger partial charge in [-0.25, -0.2) is 0 Å².